The van der Waals surface area contributed by atoms with Crippen LogP contribution in [0.2, 0.25) is 0 Å². The molecule has 2 aliphatic rings. The van der Waals surface area contributed by atoms with Gasteiger partial charge < -0.3 is 5.11 Å². The standard InChI is InChI=1S/C11H16OS/c1-7(13)8-2-3-9(6-12)11-5-10(11)4-8/h2-4,7,9-13H,5-6H2,1H3. The summed E-state index contributed by atoms with van der Waals surface area (Å²) < 4.78 is 0. The molecule has 0 bridgehead atoms. The summed E-state index contributed by atoms with van der Waals surface area (Å²) in [5.74, 6) is 1.79. The molecule has 2 rings (SSSR count). The molecular weight excluding hydrogens is 180 g/mol. The van der Waals surface area contributed by atoms with E-state index in [0.29, 0.717) is 29.6 Å². The van der Waals surface area contributed by atoms with E-state index < -0.39 is 0 Å². The normalized spacial score (nSPS) is 39.0. The molecule has 2 heteroatoms. The Kier molecular flexibility index (Phi) is 2.52. The molecule has 72 valence electrons. The predicted molar refractivity (Wildman–Crippen MR) is 57.8 cm³/mol. The summed E-state index contributed by atoms with van der Waals surface area (Å²) >= 11 is 4.42. The van der Waals surface area contributed by atoms with E-state index in [-0.39, 0.29) is 0 Å². The van der Waals surface area contributed by atoms with E-state index in [1.165, 1.54) is 12.0 Å². The van der Waals surface area contributed by atoms with Crippen molar-refractivity contribution in [2.24, 2.45) is 17.8 Å². The lowest BCUT2D eigenvalue weighted by atomic mass is 10.0. The van der Waals surface area contributed by atoms with Gasteiger partial charge in [-0.05, 0) is 30.8 Å². The highest BCUT2D eigenvalue weighted by Gasteiger charge is 2.41. The topological polar surface area (TPSA) is 20.2 Å². The van der Waals surface area contributed by atoms with Crippen LogP contribution in [-0.4, -0.2) is 17.0 Å². The molecule has 1 nitrogen and oxygen atoms in total. The van der Waals surface area contributed by atoms with Crippen LogP contribution in [0.4, 0.5) is 0 Å². The minimum atomic E-state index is 0.291. The van der Waals surface area contributed by atoms with Crippen LogP contribution < -0.4 is 0 Å². The highest BCUT2D eigenvalue weighted by atomic mass is 32.1. The second-order valence-electron chi connectivity index (χ2n) is 4.11. The number of hydrogen-bond donors (Lipinski definition) is 2. The Morgan fingerprint density at radius 2 is 2.46 bits per heavy atom. The summed E-state index contributed by atoms with van der Waals surface area (Å²) in [6.45, 7) is 2.38. The number of aliphatic hydroxyl groups excluding tert-OH is 1. The number of thiol groups is 1. The maximum atomic E-state index is 9.14. The molecule has 0 amide bonds. The molecule has 13 heavy (non-hydrogen) atoms. The molecule has 4 atom stereocenters. The first-order valence-electron chi connectivity index (χ1n) is 4.91. The Balaban J connectivity index is 2.15. The van der Waals surface area contributed by atoms with Gasteiger partial charge in [-0.15, -0.1) is 0 Å². The van der Waals surface area contributed by atoms with Crippen molar-refractivity contribution in [2.75, 3.05) is 6.61 Å². The van der Waals surface area contributed by atoms with Gasteiger partial charge in [0.25, 0.3) is 0 Å². The first kappa shape index (κ1) is 9.35. The first-order chi connectivity index (χ1) is 6.22. The van der Waals surface area contributed by atoms with Gasteiger partial charge in [0.15, 0.2) is 0 Å². The molecule has 1 saturated carbocycles. The minimum Gasteiger partial charge on any atom is -0.396 e. The molecule has 1 N–H and O–H groups in total. The summed E-state index contributed by atoms with van der Waals surface area (Å²) in [6.07, 6.45) is 7.86. The van der Waals surface area contributed by atoms with Crippen LogP contribution >= 0.6 is 12.6 Å². The summed E-state index contributed by atoms with van der Waals surface area (Å²) in [7, 11) is 0. The Labute approximate surface area is 84.9 Å². The Morgan fingerprint density at radius 3 is 3.08 bits per heavy atom. The summed E-state index contributed by atoms with van der Waals surface area (Å²) in [4.78, 5) is 0. The van der Waals surface area contributed by atoms with Crippen LogP contribution in [0.5, 0.6) is 0 Å². The molecule has 4 unspecified atom stereocenters. The third kappa shape index (κ3) is 1.84. The second-order valence-corrected chi connectivity index (χ2v) is 4.89. The smallest absolute Gasteiger partial charge is 0.0496 e. The van der Waals surface area contributed by atoms with Crippen molar-refractivity contribution >= 4 is 12.6 Å². The van der Waals surface area contributed by atoms with Gasteiger partial charge >= 0.3 is 0 Å². The maximum Gasteiger partial charge on any atom is 0.0496 e. The second kappa shape index (κ2) is 3.50. The SMILES string of the molecule is CC(S)C1=CC2CC2C(CO)C=C1. The minimum absolute atomic E-state index is 0.291. The van der Waals surface area contributed by atoms with E-state index in [1.54, 1.807) is 0 Å². The lowest BCUT2D eigenvalue weighted by Gasteiger charge is -2.06. The molecule has 0 heterocycles. The third-order valence-electron chi connectivity index (χ3n) is 3.08. The monoisotopic (exact) mass is 196 g/mol. The van der Waals surface area contributed by atoms with Gasteiger partial charge in [-0.2, -0.15) is 12.6 Å². The van der Waals surface area contributed by atoms with Crippen molar-refractivity contribution in [1.29, 1.82) is 0 Å². The number of aliphatic hydroxyl groups is 1. The Morgan fingerprint density at radius 1 is 1.69 bits per heavy atom. The molecule has 0 aromatic heterocycles. The number of allylic oxidation sites excluding steroid dienone is 2. The number of fused-ring (bicyclic) bond motifs is 1. The first-order valence-corrected chi connectivity index (χ1v) is 5.43. The van der Waals surface area contributed by atoms with E-state index in [4.69, 9.17) is 5.11 Å². The van der Waals surface area contributed by atoms with Crippen molar-refractivity contribution in [2.45, 2.75) is 18.6 Å². The van der Waals surface area contributed by atoms with Gasteiger partial charge in [-0.1, -0.05) is 18.2 Å². The molecule has 2 aliphatic carbocycles. The largest absolute Gasteiger partial charge is 0.396 e. The molecule has 0 radical (unpaired) electrons. The van der Waals surface area contributed by atoms with Crippen LogP contribution in [0.3, 0.4) is 0 Å². The lowest BCUT2D eigenvalue weighted by molar-refractivity contribution is 0.237. The van der Waals surface area contributed by atoms with E-state index in [2.05, 4.69) is 37.8 Å². The average Bonchev–Trinajstić information content (AvgIpc) is 2.80. The number of rotatable bonds is 2. The molecule has 0 aromatic rings. The zero-order valence-electron chi connectivity index (χ0n) is 7.85. The zero-order chi connectivity index (χ0) is 9.42. The molecule has 0 aliphatic heterocycles. The van der Waals surface area contributed by atoms with E-state index in [9.17, 15) is 0 Å². The van der Waals surface area contributed by atoms with Crippen molar-refractivity contribution in [3.63, 3.8) is 0 Å². The van der Waals surface area contributed by atoms with Gasteiger partial charge in [-0.25, -0.2) is 0 Å². The van der Waals surface area contributed by atoms with Crippen LogP contribution in [-0.2, 0) is 0 Å². The lowest BCUT2D eigenvalue weighted by Crippen LogP contribution is -2.05. The summed E-state index contributed by atoms with van der Waals surface area (Å²) in [5.41, 5.74) is 1.31. The van der Waals surface area contributed by atoms with Crippen molar-refractivity contribution in [3.05, 3.63) is 23.8 Å². The number of hydrogen-bond acceptors (Lipinski definition) is 2. The molecule has 1 fully saturated rings. The van der Waals surface area contributed by atoms with Crippen LogP contribution in [0.25, 0.3) is 0 Å². The van der Waals surface area contributed by atoms with E-state index in [1.807, 2.05) is 0 Å². The van der Waals surface area contributed by atoms with Gasteiger partial charge in [-0.3, -0.25) is 0 Å². The van der Waals surface area contributed by atoms with Crippen LogP contribution in [0, 0.1) is 17.8 Å². The third-order valence-corrected chi connectivity index (χ3v) is 3.37. The van der Waals surface area contributed by atoms with E-state index in [0.717, 1.165) is 0 Å². The molecular formula is C11H16OS. The molecule has 0 saturated heterocycles. The summed E-state index contributed by atoms with van der Waals surface area (Å²) in [5, 5.41) is 9.46. The summed E-state index contributed by atoms with van der Waals surface area (Å²) in [6, 6.07) is 0. The Hall–Kier alpha value is -0.210. The fourth-order valence-electron chi connectivity index (χ4n) is 2.07. The highest BCUT2D eigenvalue weighted by molar-refractivity contribution is 7.81. The van der Waals surface area contributed by atoms with Crippen LogP contribution in [0.15, 0.2) is 23.8 Å². The van der Waals surface area contributed by atoms with Gasteiger partial charge in [0.2, 0.25) is 0 Å². The Bertz CT molecular complexity index is 255. The van der Waals surface area contributed by atoms with E-state index >= 15 is 0 Å². The zero-order valence-corrected chi connectivity index (χ0v) is 8.74. The quantitative estimate of drug-likeness (QED) is 0.648. The fraction of sp³-hybridized carbons (Fsp3) is 0.636. The average molecular weight is 196 g/mol. The highest BCUT2D eigenvalue weighted by Crippen LogP contribution is 2.48. The predicted octanol–water partition coefficient (Wildman–Crippen LogP) is 2.05. The van der Waals surface area contributed by atoms with Crippen molar-refractivity contribution < 1.29 is 5.11 Å². The van der Waals surface area contributed by atoms with Crippen molar-refractivity contribution in [3.8, 4) is 0 Å². The molecule has 0 spiro atoms. The molecule has 0 aromatic carbocycles. The van der Waals surface area contributed by atoms with Gasteiger partial charge in [0.05, 0.1) is 0 Å². The van der Waals surface area contributed by atoms with Gasteiger partial charge in [0, 0.05) is 17.8 Å². The fourth-order valence-corrected chi connectivity index (χ4v) is 2.25. The van der Waals surface area contributed by atoms with Crippen molar-refractivity contribution in [1.82, 2.24) is 0 Å². The van der Waals surface area contributed by atoms with Gasteiger partial charge in [0.1, 0.15) is 0 Å². The maximum absolute atomic E-state index is 9.14. The van der Waals surface area contributed by atoms with Crippen LogP contribution in [0.1, 0.15) is 13.3 Å².